The highest BCUT2D eigenvalue weighted by Crippen LogP contribution is 2.51. The van der Waals surface area contributed by atoms with Crippen LogP contribution in [0.1, 0.15) is 18.7 Å². The van der Waals surface area contributed by atoms with E-state index in [9.17, 15) is 5.11 Å². The molecule has 23 heavy (non-hydrogen) atoms. The summed E-state index contributed by atoms with van der Waals surface area (Å²) in [5.41, 5.74) is 1.40. The van der Waals surface area contributed by atoms with Gasteiger partial charge in [0.15, 0.2) is 0 Å². The van der Waals surface area contributed by atoms with Crippen LogP contribution in [0.15, 0.2) is 24.1 Å². The van der Waals surface area contributed by atoms with Crippen molar-refractivity contribution in [2.75, 3.05) is 18.0 Å². The van der Waals surface area contributed by atoms with Crippen LogP contribution in [-0.4, -0.2) is 30.4 Å². The summed E-state index contributed by atoms with van der Waals surface area (Å²) < 4.78 is 5.79. The maximum absolute atomic E-state index is 10.0. The average molecular weight is 346 g/mol. The zero-order valence-electron chi connectivity index (χ0n) is 13.1. The van der Waals surface area contributed by atoms with Gasteiger partial charge in [0.25, 0.3) is 0 Å². The second kappa shape index (κ2) is 6.36. The van der Waals surface area contributed by atoms with Crippen LogP contribution in [-0.2, 0) is 4.74 Å². The van der Waals surface area contributed by atoms with Crippen LogP contribution in [0.4, 0.5) is 10.7 Å². The fourth-order valence-electron chi connectivity index (χ4n) is 2.92. The van der Waals surface area contributed by atoms with Gasteiger partial charge in [-0.2, -0.15) is 0 Å². The van der Waals surface area contributed by atoms with E-state index in [2.05, 4.69) is 16.3 Å². The van der Waals surface area contributed by atoms with Crippen LogP contribution in [0, 0.1) is 6.57 Å². The number of morpholine rings is 1. The van der Waals surface area contributed by atoms with E-state index in [1.165, 1.54) is 11.3 Å². The van der Waals surface area contributed by atoms with E-state index in [0.717, 1.165) is 28.5 Å². The quantitative estimate of drug-likeness (QED) is 0.615. The molecule has 0 spiro atoms. The molecule has 1 N–H and O–H groups in total. The van der Waals surface area contributed by atoms with Gasteiger partial charge in [-0.1, -0.05) is 12.6 Å². The van der Waals surface area contributed by atoms with Crippen molar-refractivity contribution < 1.29 is 9.84 Å². The maximum Gasteiger partial charge on any atom is 0.229 e. The molecule has 1 fully saturated rings. The smallest absolute Gasteiger partial charge is 0.229 e. The van der Waals surface area contributed by atoms with Crippen LogP contribution in [0.5, 0.6) is 0 Å². The van der Waals surface area contributed by atoms with Crippen molar-refractivity contribution in [1.29, 1.82) is 0 Å². The van der Waals surface area contributed by atoms with Crippen LogP contribution in [0.3, 0.4) is 0 Å². The molecule has 2 aromatic heterocycles. The monoisotopic (exact) mass is 346 g/mol. The molecule has 3 heterocycles. The summed E-state index contributed by atoms with van der Waals surface area (Å²) in [5.74, 6) is 0.0175. The number of hydrogen-bond acceptors (Lipinski definition) is 5. The van der Waals surface area contributed by atoms with Gasteiger partial charge in [-0.25, -0.2) is 4.85 Å². The third kappa shape index (κ3) is 3.00. The van der Waals surface area contributed by atoms with Gasteiger partial charge >= 0.3 is 0 Å². The molecule has 0 aromatic carbocycles. The first kappa shape index (κ1) is 16.1. The number of aliphatic hydroxyl groups excluding tert-OH is 1. The Hall–Kier alpha value is -1.81. The van der Waals surface area contributed by atoms with Crippen molar-refractivity contribution in [3.8, 4) is 10.4 Å². The zero-order valence-corrected chi connectivity index (χ0v) is 14.7. The van der Waals surface area contributed by atoms with Crippen molar-refractivity contribution >= 4 is 39.1 Å². The Balaban J connectivity index is 2.13. The first-order valence-corrected chi connectivity index (χ1v) is 9.07. The van der Waals surface area contributed by atoms with E-state index in [0.29, 0.717) is 10.6 Å². The van der Waals surface area contributed by atoms with Gasteiger partial charge in [0, 0.05) is 23.5 Å². The molecule has 2 unspecified atom stereocenters. The number of hydrogen-bond donors (Lipinski definition) is 1. The molecule has 4 nitrogen and oxygen atoms in total. The fourth-order valence-corrected chi connectivity index (χ4v) is 4.91. The SMILES string of the molecule is [C-]#[N+]c1c(N2CC(C)OC(C)C2)sc(C(=C)O)c1-c1cccs1. The lowest BCUT2D eigenvalue weighted by Crippen LogP contribution is -2.45. The third-order valence-electron chi connectivity index (χ3n) is 3.71. The third-order valence-corrected chi connectivity index (χ3v) is 5.89. The van der Waals surface area contributed by atoms with Gasteiger partial charge in [-0.3, -0.25) is 0 Å². The predicted octanol–water partition coefficient (Wildman–Crippen LogP) is 5.17. The number of nitrogens with zero attached hydrogens (tertiary/aromatic N) is 2. The molecule has 2 aromatic rings. The molecular formula is C17H18N2O2S2. The Morgan fingerprint density at radius 1 is 1.43 bits per heavy atom. The van der Waals surface area contributed by atoms with Crippen LogP contribution >= 0.6 is 22.7 Å². The van der Waals surface area contributed by atoms with Gasteiger partial charge in [-0.05, 0) is 25.3 Å². The number of aliphatic hydroxyl groups is 1. The van der Waals surface area contributed by atoms with Crippen LogP contribution in [0.2, 0.25) is 0 Å². The molecule has 0 aliphatic carbocycles. The minimum absolute atomic E-state index is 0.0175. The Morgan fingerprint density at radius 3 is 2.65 bits per heavy atom. The molecule has 120 valence electrons. The Bertz CT molecular complexity index is 748. The van der Waals surface area contributed by atoms with Crippen molar-refractivity contribution in [1.82, 2.24) is 0 Å². The maximum atomic E-state index is 10.0. The molecule has 2 atom stereocenters. The minimum atomic E-state index is 0.0175. The molecule has 0 amide bonds. The van der Waals surface area contributed by atoms with E-state index in [1.54, 1.807) is 11.3 Å². The molecule has 0 radical (unpaired) electrons. The van der Waals surface area contributed by atoms with Gasteiger partial charge in [0.05, 0.1) is 28.7 Å². The molecule has 3 rings (SSSR count). The lowest BCUT2D eigenvalue weighted by Gasteiger charge is -2.36. The Kier molecular flexibility index (Phi) is 4.44. The molecule has 1 aliphatic rings. The molecular weight excluding hydrogens is 328 g/mol. The van der Waals surface area contributed by atoms with Crippen LogP contribution in [0.25, 0.3) is 21.0 Å². The lowest BCUT2D eigenvalue weighted by molar-refractivity contribution is -0.00496. The van der Waals surface area contributed by atoms with E-state index in [1.807, 2.05) is 31.4 Å². The topological polar surface area (TPSA) is 37.1 Å². The number of ether oxygens (including phenoxy) is 1. The summed E-state index contributed by atoms with van der Waals surface area (Å²) in [6, 6.07) is 3.93. The largest absolute Gasteiger partial charge is 0.507 e. The van der Waals surface area contributed by atoms with Crippen molar-refractivity contribution in [2.24, 2.45) is 0 Å². The van der Waals surface area contributed by atoms with Crippen molar-refractivity contribution in [3.05, 3.63) is 40.4 Å². The highest BCUT2D eigenvalue weighted by molar-refractivity contribution is 7.19. The predicted molar refractivity (Wildman–Crippen MR) is 97.8 cm³/mol. The standard InChI is InChI=1S/C17H18N2O2S2/c1-10-8-19(9-11(2)21-10)17-15(18-4)14(13-6-5-7-22-13)16(23-17)12(3)20/h5-7,10-11,20H,3,8-9H2,1-2H3. The van der Waals surface area contributed by atoms with Gasteiger partial charge in [-0.15, -0.1) is 22.7 Å². The molecule has 1 aliphatic heterocycles. The second-order valence-electron chi connectivity index (χ2n) is 5.66. The summed E-state index contributed by atoms with van der Waals surface area (Å²) in [4.78, 5) is 7.65. The summed E-state index contributed by atoms with van der Waals surface area (Å²) >= 11 is 3.01. The van der Waals surface area contributed by atoms with E-state index >= 15 is 0 Å². The fraction of sp³-hybridized carbons (Fsp3) is 0.353. The highest BCUT2D eigenvalue weighted by Gasteiger charge is 2.29. The average Bonchev–Trinajstić information content (AvgIpc) is 3.12. The number of thiophene rings is 2. The summed E-state index contributed by atoms with van der Waals surface area (Å²) in [6.45, 7) is 16.9. The van der Waals surface area contributed by atoms with Gasteiger partial charge in [0.1, 0.15) is 5.76 Å². The zero-order chi connectivity index (χ0) is 16.6. The number of anilines is 1. The molecule has 0 saturated carbocycles. The first-order valence-electron chi connectivity index (χ1n) is 7.38. The number of rotatable bonds is 3. The minimum Gasteiger partial charge on any atom is -0.507 e. The van der Waals surface area contributed by atoms with E-state index in [4.69, 9.17) is 11.3 Å². The molecule has 0 bridgehead atoms. The Labute approximate surface area is 144 Å². The molecule has 1 saturated heterocycles. The first-order chi connectivity index (χ1) is 11.0. The van der Waals surface area contributed by atoms with Gasteiger partial charge < -0.3 is 14.7 Å². The van der Waals surface area contributed by atoms with Gasteiger partial charge in [0.2, 0.25) is 5.69 Å². The molecule has 6 heteroatoms. The summed E-state index contributed by atoms with van der Waals surface area (Å²) in [5, 5.41) is 12.9. The normalized spacial score (nSPS) is 21.2. The van der Waals surface area contributed by atoms with Crippen LogP contribution < -0.4 is 4.90 Å². The Morgan fingerprint density at radius 2 is 2.13 bits per heavy atom. The second-order valence-corrected chi connectivity index (χ2v) is 7.60. The highest BCUT2D eigenvalue weighted by atomic mass is 32.1. The van der Waals surface area contributed by atoms with E-state index in [-0.39, 0.29) is 18.0 Å². The summed E-state index contributed by atoms with van der Waals surface area (Å²) in [7, 11) is 0. The summed E-state index contributed by atoms with van der Waals surface area (Å²) in [6.07, 6.45) is 0.232. The lowest BCUT2D eigenvalue weighted by atomic mass is 10.1. The van der Waals surface area contributed by atoms with Crippen molar-refractivity contribution in [2.45, 2.75) is 26.1 Å². The van der Waals surface area contributed by atoms with Crippen molar-refractivity contribution in [3.63, 3.8) is 0 Å². The van der Waals surface area contributed by atoms with E-state index < -0.39 is 0 Å².